The molecule has 0 aliphatic rings. The Morgan fingerprint density at radius 2 is 1.11 bits per heavy atom. The maximum Gasteiger partial charge on any atom is -0.0326 e. The van der Waals surface area contributed by atoms with Gasteiger partial charge in [0.25, 0.3) is 0 Å². The molecule has 0 aromatic carbocycles. The van der Waals surface area contributed by atoms with Gasteiger partial charge in [-0.1, -0.05) is 91.9 Å². The molecule has 0 bridgehead atoms. The van der Waals surface area contributed by atoms with Gasteiger partial charge in [-0.25, -0.2) is 0 Å². The summed E-state index contributed by atoms with van der Waals surface area (Å²) in [4.78, 5) is 0. The minimum Gasteiger partial charge on any atom is -0.0654 e. The summed E-state index contributed by atoms with van der Waals surface area (Å²) in [6.07, 6.45) is 18.0. The topological polar surface area (TPSA) is 0 Å². The SMILES string of the molecule is [CH2]CCCC(C)(CCCCCC)CCCCCC. The van der Waals surface area contributed by atoms with E-state index in [2.05, 4.69) is 27.7 Å². The summed E-state index contributed by atoms with van der Waals surface area (Å²) in [5, 5.41) is 0. The minimum absolute atomic E-state index is 0.610. The van der Waals surface area contributed by atoms with Crippen molar-refractivity contribution < 1.29 is 0 Å². The monoisotopic (exact) mass is 253 g/mol. The van der Waals surface area contributed by atoms with E-state index in [4.69, 9.17) is 0 Å². The first kappa shape index (κ1) is 18.0. The Morgan fingerprint density at radius 1 is 0.667 bits per heavy atom. The molecule has 0 amide bonds. The third-order valence-corrected chi connectivity index (χ3v) is 4.30. The van der Waals surface area contributed by atoms with Gasteiger partial charge in [-0.15, -0.1) is 0 Å². The second-order valence-electron chi connectivity index (χ2n) is 6.39. The van der Waals surface area contributed by atoms with Gasteiger partial charge in [0.1, 0.15) is 0 Å². The van der Waals surface area contributed by atoms with Crippen LogP contribution in [0.5, 0.6) is 0 Å². The summed E-state index contributed by atoms with van der Waals surface area (Å²) in [7, 11) is 0. The second kappa shape index (κ2) is 12.1. The van der Waals surface area contributed by atoms with Crippen molar-refractivity contribution in [2.24, 2.45) is 5.41 Å². The maximum absolute atomic E-state index is 4.01. The zero-order valence-corrected chi connectivity index (χ0v) is 13.4. The zero-order chi connectivity index (χ0) is 13.7. The summed E-state index contributed by atoms with van der Waals surface area (Å²) in [6.45, 7) is 11.1. The molecule has 1 radical (unpaired) electrons. The molecule has 0 aromatic heterocycles. The molecule has 0 aromatic rings. The molecular weight excluding hydrogens is 216 g/mol. The van der Waals surface area contributed by atoms with Gasteiger partial charge in [0.2, 0.25) is 0 Å². The molecule has 0 aliphatic heterocycles. The lowest BCUT2D eigenvalue weighted by atomic mass is 9.76. The van der Waals surface area contributed by atoms with E-state index in [1.807, 2.05) is 0 Å². The number of hydrogen-bond acceptors (Lipinski definition) is 0. The molecule has 0 saturated heterocycles. The highest BCUT2D eigenvalue weighted by molar-refractivity contribution is 4.75. The zero-order valence-electron chi connectivity index (χ0n) is 13.4. The van der Waals surface area contributed by atoms with Crippen LogP contribution in [-0.4, -0.2) is 0 Å². The van der Waals surface area contributed by atoms with Crippen LogP contribution in [0.15, 0.2) is 0 Å². The average Bonchev–Trinajstić information content (AvgIpc) is 2.38. The molecule has 0 N–H and O–H groups in total. The fraction of sp³-hybridized carbons (Fsp3) is 0.944. The van der Waals surface area contributed by atoms with Crippen LogP contribution < -0.4 is 0 Å². The van der Waals surface area contributed by atoms with E-state index >= 15 is 0 Å². The Hall–Kier alpha value is 0. The van der Waals surface area contributed by atoms with Crippen molar-refractivity contribution in [3.05, 3.63) is 6.92 Å². The van der Waals surface area contributed by atoms with Crippen LogP contribution in [0.2, 0.25) is 0 Å². The molecule has 0 heteroatoms. The van der Waals surface area contributed by atoms with Crippen molar-refractivity contribution in [3.63, 3.8) is 0 Å². The van der Waals surface area contributed by atoms with Crippen LogP contribution in [-0.2, 0) is 0 Å². The van der Waals surface area contributed by atoms with Crippen molar-refractivity contribution in [1.82, 2.24) is 0 Å². The molecule has 0 unspecified atom stereocenters. The number of unbranched alkanes of at least 4 members (excludes halogenated alkanes) is 7. The fourth-order valence-corrected chi connectivity index (χ4v) is 2.88. The minimum atomic E-state index is 0.610. The van der Waals surface area contributed by atoms with Crippen molar-refractivity contribution in [2.75, 3.05) is 0 Å². The molecule has 0 rings (SSSR count). The van der Waals surface area contributed by atoms with Gasteiger partial charge in [0.15, 0.2) is 0 Å². The smallest absolute Gasteiger partial charge is 0.0326 e. The van der Waals surface area contributed by atoms with Crippen LogP contribution in [0.3, 0.4) is 0 Å². The third kappa shape index (κ3) is 9.97. The molecule has 109 valence electrons. The highest BCUT2D eigenvalue weighted by Crippen LogP contribution is 2.36. The Kier molecular flexibility index (Phi) is 12.1. The van der Waals surface area contributed by atoms with Crippen molar-refractivity contribution in [2.45, 2.75) is 104 Å². The first-order valence-corrected chi connectivity index (χ1v) is 8.47. The van der Waals surface area contributed by atoms with Crippen molar-refractivity contribution >= 4 is 0 Å². The molecule has 0 atom stereocenters. The second-order valence-corrected chi connectivity index (χ2v) is 6.39. The van der Waals surface area contributed by atoms with Crippen molar-refractivity contribution in [1.29, 1.82) is 0 Å². The highest BCUT2D eigenvalue weighted by atomic mass is 14.3. The Balaban J connectivity index is 3.90. The van der Waals surface area contributed by atoms with Gasteiger partial charge >= 0.3 is 0 Å². The molecule has 0 nitrogen and oxygen atoms in total. The molecule has 18 heavy (non-hydrogen) atoms. The predicted octanol–water partition coefficient (Wildman–Crippen LogP) is 6.94. The van der Waals surface area contributed by atoms with Gasteiger partial charge in [-0.3, -0.25) is 0 Å². The molecule has 0 heterocycles. The summed E-state index contributed by atoms with van der Waals surface area (Å²) < 4.78 is 0. The van der Waals surface area contributed by atoms with Gasteiger partial charge in [0.05, 0.1) is 0 Å². The first-order valence-electron chi connectivity index (χ1n) is 8.47. The van der Waals surface area contributed by atoms with Gasteiger partial charge in [-0.2, -0.15) is 0 Å². The van der Waals surface area contributed by atoms with E-state index < -0.39 is 0 Å². The summed E-state index contributed by atoms with van der Waals surface area (Å²) in [5.74, 6) is 0. The standard InChI is InChI=1S/C18H37/c1-5-8-11-13-16-18(4,15-10-7-3)17-14-12-9-6-2/h3,5-17H2,1-2,4H3. The van der Waals surface area contributed by atoms with Gasteiger partial charge < -0.3 is 0 Å². The summed E-state index contributed by atoms with van der Waals surface area (Å²) in [5.41, 5.74) is 0.610. The lowest BCUT2D eigenvalue weighted by molar-refractivity contribution is 0.226. The summed E-state index contributed by atoms with van der Waals surface area (Å²) in [6, 6.07) is 0. The molecule has 0 spiro atoms. The van der Waals surface area contributed by atoms with Crippen LogP contribution in [0.4, 0.5) is 0 Å². The van der Waals surface area contributed by atoms with Crippen LogP contribution in [0.1, 0.15) is 104 Å². The van der Waals surface area contributed by atoms with Gasteiger partial charge in [0, 0.05) is 0 Å². The van der Waals surface area contributed by atoms with E-state index in [1.165, 1.54) is 77.0 Å². The first-order chi connectivity index (χ1) is 8.68. The lowest BCUT2D eigenvalue weighted by Crippen LogP contribution is -2.16. The number of rotatable bonds is 13. The molecule has 0 aliphatic carbocycles. The quantitative estimate of drug-likeness (QED) is 0.312. The van der Waals surface area contributed by atoms with Crippen molar-refractivity contribution in [3.8, 4) is 0 Å². The highest BCUT2D eigenvalue weighted by Gasteiger charge is 2.22. The number of hydrogen-bond donors (Lipinski definition) is 0. The molecular formula is C18H37. The maximum atomic E-state index is 4.01. The Morgan fingerprint density at radius 3 is 1.50 bits per heavy atom. The van der Waals surface area contributed by atoms with Gasteiger partial charge in [-0.05, 0) is 24.7 Å². The average molecular weight is 253 g/mol. The van der Waals surface area contributed by atoms with E-state index in [0.717, 1.165) is 6.42 Å². The lowest BCUT2D eigenvalue weighted by Gasteiger charge is -2.30. The largest absolute Gasteiger partial charge is 0.0654 e. The van der Waals surface area contributed by atoms with Crippen LogP contribution in [0, 0.1) is 12.3 Å². The normalized spacial score (nSPS) is 12.0. The molecule has 0 fully saturated rings. The van der Waals surface area contributed by atoms with E-state index in [1.54, 1.807) is 0 Å². The van der Waals surface area contributed by atoms with E-state index in [9.17, 15) is 0 Å². The Labute approximate surface area is 117 Å². The van der Waals surface area contributed by atoms with E-state index in [0.29, 0.717) is 5.41 Å². The third-order valence-electron chi connectivity index (χ3n) is 4.30. The Bertz CT molecular complexity index is 147. The molecule has 0 saturated carbocycles. The van der Waals surface area contributed by atoms with E-state index in [-0.39, 0.29) is 0 Å². The predicted molar refractivity (Wildman–Crippen MR) is 84.8 cm³/mol. The summed E-state index contributed by atoms with van der Waals surface area (Å²) >= 11 is 0. The fourth-order valence-electron chi connectivity index (χ4n) is 2.88. The van der Waals surface area contributed by atoms with Crippen LogP contribution >= 0.6 is 0 Å². The van der Waals surface area contributed by atoms with Crippen LogP contribution in [0.25, 0.3) is 0 Å².